The van der Waals surface area contributed by atoms with Gasteiger partial charge in [-0.25, -0.2) is 0 Å². The van der Waals surface area contributed by atoms with E-state index in [4.69, 9.17) is 4.74 Å². The molecule has 0 radical (unpaired) electrons. The number of esters is 1. The van der Waals surface area contributed by atoms with Gasteiger partial charge in [0.1, 0.15) is 0 Å². The minimum atomic E-state index is -0.662. The minimum absolute atomic E-state index is 0.0253. The molecule has 508 valence electrons. The summed E-state index contributed by atoms with van der Waals surface area (Å²) in [7, 11) is 0. The average Bonchev–Trinajstić information content (AvgIpc) is 3.51. The van der Waals surface area contributed by atoms with Crippen LogP contribution < -0.4 is 5.32 Å². The van der Waals surface area contributed by atoms with Crippen molar-refractivity contribution in [2.45, 2.75) is 482 Å². The van der Waals surface area contributed by atoms with E-state index >= 15 is 0 Å². The van der Waals surface area contributed by atoms with Crippen LogP contribution in [-0.4, -0.2) is 47.4 Å². The molecule has 0 aliphatic carbocycles. The van der Waals surface area contributed by atoms with Crippen LogP contribution in [0.4, 0.5) is 0 Å². The van der Waals surface area contributed by atoms with Crippen LogP contribution in [-0.2, 0) is 14.3 Å². The third kappa shape index (κ3) is 71.8. The molecule has 6 nitrogen and oxygen atoms in total. The van der Waals surface area contributed by atoms with Gasteiger partial charge in [-0.05, 0) is 25.7 Å². The fraction of sp³-hybridized carbons (Fsp3) is 0.975. The molecule has 0 heterocycles. The second-order valence-electron chi connectivity index (χ2n) is 27.8. The standard InChI is InChI=1S/C79H157NO5/c1-3-5-7-9-11-13-15-17-19-21-23-33-36-39-43-47-51-55-59-63-67-71-77(82)76(75-81)80-78(83)72-68-64-60-56-52-48-44-40-37-34-31-29-27-25-24-26-28-30-32-35-38-42-46-50-54-58-62-66-70-74-85-79(84)73-69-65-61-57-53-49-45-41-22-20-18-16-14-12-10-8-6-4-2/h76-77,81-82H,3-75H2,1-2H3,(H,80,83). The second-order valence-corrected chi connectivity index (χ2v) is 27.8. The van der Waals surface area contributed by atoms with E-state index in [1.54, 1.807) is 0 Å². The average molecular weight is 1200 g/mol. The van der Waals surface area contributed by atoms with Crippen molar-refractivity contribution in [1.82, 2.24) is 5.32 Å². The number of aliphatic hydroxyl groups is 2. The Morgan fingerprint density at radius 2 is 0.482 bits per heavy atom. The minimum Gasteiger partial charge on any atom is -0.466 e. The molecule has 0 aliphatic rings. The second kappa shape index (κ2) is 75.3. The van der Waals surface area contributed by atoms with E-state index in [0.29, 0.717) is 25.9 Å². The predicted octanol–water partition coefficient (Wildman–Crippen LogP) is 26.1. The molecule has 3 N–H and O–H groups in total. The van der Waals surface area contributed by atoms with Gasteiger partial charge >= 0.3 is 5.97 Å². The van der Waals surface area contributed by atoms with Crippen LogP contribution in [0.5, 0.6) is 0 Å². The molecule has 2 atom stereocenters. The molecule has 1 amide bonds. The first-order valence-corrected chi connectivity index (χ1v) is 39.8. The molecule has 6 heteroatoms. The molecule has 0 aromatic rings. The summed E-state index contributed by atoms with van der Waals surface area (Å²) in [5.41, 5.74) is 0. The third-order valence-electron chi connectivity index (χ3n) is 19.2. The summed E-state index contributed by atoms with van der Waals surface area (Å²) in [4.78, 5) is 24.7. The lowest BCUT2D eigenvalue weighted by atomic mass is 10.0. The summed E-state index contributed by atoms with van der Waals surface area (Å²) in [6.45, 7) is 5.02. The maximum atomic E-state index is 12.6. The number of carbonyl (C=O) groups is 2. The van der Waals surface area contributed by atoms with Gasteiger partial charge in [0.15, 0.2) is 0 Å². The number of rotatable bonds is 76. The topological polar surface area (TPSA) is 95.9 Å². The quantitative estimate of drug-likeness (QED) is 0.0417. The Labute approximate surface area is 534 Å². The smallest absolute Gasteiger partial charge is 0.305 e. The summed E-state index contributed by atoms with van der Waals surface area (Å²) in [6, 6.07) is -0.539. The van der Waals surface area contributed by atoms with Crippen molar-refractivity contribution < 1.29 is 24.5 Å². The molecule has 0 aromatic heterocycles. The van der Waals surface area contributed by atoms with Gasteiger partial charge in [-0.2, -0.15) is 0 Å². The zero-order valence-corrected chi connectivity index (χ0v) is 58.4. The Morgan fingerprint density at radius 1 is 0.282 bits per heavy atom. The summed E-state index contributed by atoms with van der Waals surface area (Å²) >= 11 is 0. The van der Waals surface area contributed by atoms with Crippen LogP contribution in [0.15, 0.2) is 0 Å². The van der Waals surface area contributed by atoms with Gasteiger partial charge in [-0.15, -0.1) is 0 Å². The van der Waals surface area contributed by atoms with Crippen molar-refractivity contribution in [3.8, 4) is 0 Å². The van der Waals surface area contributed by atoms with E-state index < -0.39 is 12.1 Å². The van der Waals surface area contributed by atoms with Crippen LogP contribution in [0, 0.1) is 0 Å². The van der Waals surface area contributed by atoms with E-state index in [0.717, 1.165) is 38.5 Å². The molecule has 2 unspecified atom stereocenters. The number of hydrogen-bond donors (Lipinski definition) is 3. The van der Waals surface area contributed by atoms with Crippen LogP contribution >= 0.6 is 0 Å². The van der Waals surface area contributed by atoms with Gasteiger partial charge in [0.25, 0.3) is 0 Å². The number of carbonyl (C=O) groups excluding carboxylic acids is 2. The van der Waals surface area contributed by atoms with Crippen molar-refractivity contribution in [3.05, 3.63) is 0 Å². The Balaban J connectivity index is 3.32. The van der Waals surface area contributed by atoms with Crippen molar-refractivity contribution in [1.29, 1.82) is 0 Å². The Kier molecular flexibility index (Phi) is 74.3. The number of ether oxygens (including phenoxy) is 1. The van der Waals surface area contributed by atoms with Crippen molar-refractivity contribution in [3.63, 3.8) is 0 Å². The highest BCUT2D eigenvalue weighted by molar-refractivity contribution is 5.76. The van der Waals surface area contributed by atoms with E-state index in [1.165, 1.54) is 398 Å². The molecule has 0 fully saturated rings. The largest absolute Gasteiger partial charge is 0.466 e. The zero-order valence-electron chi connectivity index (χ0n) is 58.4. The van der Waals surface area contributed by atoms with Crippen LogP contribution in [0.25, 0.3) is 0 Å². The first-order valence-electron chi connectivity index (χ1n) is 39.8. The van der Waals surface area contributed by atoms with Gasteiger partial charge < -0.3 is 20.3 Å². The maximum Gasteiger partial charge on any atom is 0.305 e. The van der Waals surface area contributed by atoms with E-state index in [2.05, 4.69) is 19.2 Å². The number of unbranched alkanes of at least 4 members (excludes halogenated alkanes) is 65. The lowest BCUT2D eigenvalue weighted by Crippen LogP contribution is -2.45. The highest BCUT2D eigenvalue weighted by Crippen LogP contribution is 2.21. The van der Waals surface area contributed by atoms with Gasteiger partial charge in [-0.1, -0.05) is 431 Å². The van der Waals surface area contributed by atoms with Crippen molar-refractivity contribution in [2.24, 2.45) is 0 Å². The van der Waals surface area contributed by atoms with E-state index in [-0.39, 0.29) is 18.5 Å². The monoisotopic (exact) mass is 1200 g/mol. The summed E-state index contributed by atoms with van der Waals surface area (Å²) in [6.07, 6.45) is 93.4. The third-order valence-corrected chi connectivity index (χ3v) is 19.2. The summed E-state index contributed by atoms with van der Waals surface area (Å²) in [5, 5.41) is 23.5. The SMILES string of the molecule is CCCCCCCCCCCCCCCCCCCCCCCC(O)C(CO)NC(=O)CCCCCCCCCCCCCCCCCCCCCCCCCCCCCCCOC(=O)CCCCCCCCCCCCCCCCCCCC. The lowest BCUT2D eigenvalue weighted by Gasteiger charge is -2.22. The van der Waals surface area contributed by atoms with Crippen LogP contribution in [0.3, 0.4) is 0 Å². The Hall–Kier alpha value is -1.14. The molecular weight excluding hydrogens is 1040 g/mol. The molecule has 0 saturated carbocycles. The molecule has 0 spiro atoms. The molecule has 0 aromatic carbocycles. The predicted molar refractivity (Wildman–Crippen MR) is 375 cm³/mol. The number of nitrogens with one attached hydrogen (secondary N) is 1. The molecule has 0 aliphatic heterocycles. The highest BCUT2D eigenvalue weighted by Gasteiger charge is 2.20. The van der Waals surface area contributed by atoms with E-state index in [9.17, 15) is 19.8 Å². The van der Waals surface area contributed by atoms with Gasteiger partial charge in [0.2, 0.25) is 5.91 Å². The molecule has 0 bridgehead atoms. The molecule has 85 heavy (non-hydrogen) atoms. The first-order chi connectivity index (χ1) is 42.0. The Bertz CT molecular complexity index is 1240. The summed E-state index contributed by atoms with van der Waals surface area (Å²) < 4.78 is 5.52. The van der Waals surface area contributed by atoms with Gasteiger partial charge in [0, 0.05) is 12.8 Å². The van der Waals surface area contributed by atoms with Crippen LogP contribution in [0.2, 0.25) is 0 Å². The normalized spacial score (nSPS) is 12.4. The zero-order chi connectivity index (χ0) is 61.3. The maximum absolute atomic E-state index is 12.6. The van der Waals surface area contributed by atoms with Crippen molar-refractivity contribution >= 4 is 11.9 Å². The van der Waals surface area contributed by atoms with Gasteiger partial charge in [0.05, 0.1) is 25.4 Å². The highest BCUT2D eigenvalue weighted by atomic mass is 16.5. The first kappa shape index (κ1) is 83.9. The fourth-order valence-electron chi connectivity index (χ4n) is 13.1. The molecule has 0 saturated heterocycles. The number of aliphatic hydroxyl groups excluding tert-OH is 2. The lowest BCUT2D eigenvalue weighted by molar-refractivity contribution is -0.143. The number of hydrogen-bond acceptors (Lipinski definition) is 5. The van der Waals surface area contributed by atoms with Crippen LogP contribution in [0.1, 0.15) is 470 Å². The Morgan fingerprint density at radius 3 is 0.718 bits per heavy atom. The molecular formula is C79H157NO5. The fourth-order valence-corrected chi connectivity index (χ4v) is 13.1. The van der Waals surface area contributed by atoms with Gasteiger partial charge in [-0.3, -0.25) is 9.59 Å². The number of amides is 1. The van der Waals surface area contributed by atoms with Crippen molar-refractivity contribution in [2.75, 3.05) is 13.2 Å². The molecule has 0 rings (SSSR count). The van der Waals surface area contributed by atoms with E-state index in [1.807, 2.05) is 0 Å². The summed E-state index contributed by atoms with van der Waals surface area (Å²) in [5.74, 6) is 0.000276.